The molecule has 6 heteroatoms. The van der Waals surface area contributed by atoms with Crippen molar-refractivity contribution in [3.05, 3.63) is 46.8 Å². The van der Waals surface area contributed by atoms with Gasteiger partial charge in [0.1, 0.15) is 29.6 Å². The van der Waals surface area contributed by atoms with E-state index in [1.54, 1.807) is 7.11 Å². The zero-order valence-electron chi connectivity index (χ0n) is 15.3. The molecule has 2 amide bonds. The summed E-state index contributed by atoms with van der Waals surface area (Å²) in [5.74, 6) is 3.30. The van der Waals surface area contributed by atoms with Gasteiger partial charge in [-0.25, -0.2) is 4.79 Å². The number of nitrogens with zero attached hydrogens (tertiary/aromatic N) is 1. The Morgan fingerprint density at radius 2 is 2.20 bits per heavy atom. The molecule has 6 nitrogen and oxygen atoms in total. The Morgan fingerprint density at radius 3 is 2.88 bits per heavy atom. The number of aryl methyl sites for hydroxylation is 2. The molecule has 0 spiro atoms. The van der Waals surface area contributed by atoms with Crippen molar-refractivity contribution in [3.63, 3.8) is 0 Å². The number of furan rings is 2. The maximum atomic E-state index is 12.8. The van der Waals surface area contributed by atoms with Gasteiger partial charge in [-0.2, -0.15) is 0 Å². The number of amides is 2. The third kappa shape index (κ3) is 3.74. The van der Waals surface area contributed by atoms with Gasteiger partial charge in [0, 0.05) is 19.2 Å². The molecule has 1 N–H and O–H groups in total. The fraction of sp³-hybridized carbons (Fsp3) is 0.526. The number of nitrogens with one attached hydrogen (secondary N) is 1. The monoisotopic (exact) mass is 346 g/mol. The average Bonchev–Trinajstić information content (AvgIpc) is 3.26. The Balaban J connectivity index is 1.68. The van der Waals surface area contributed by atoms with E-state index in [1.807, 2.05) is 43.9 Å². The molecule has 25 heavy (non-hydrogen) atoms. The highest BCUT2D eigenvalue weighted by Gasteiger charge is 2.33. The van der Waals surface area contributed by atoms with E-state index < -0.39 is 0 Å². The summed E-state index contributed by atoms with van der Waals surface area (Å²) in [6.07, 6.45) is 1.88. The molecule has 1 aliphatic heterocycles. The number of carbonyl (C=O) groups excluding carboxylic acids is 1. The number of hydrogen-bond acceptors (Lipinski definition) is 4. The third-order valence-electron chi connectivity index (χ3n) is 4.70. The van der Waals surface area contributed by atoms with E-state index >= 15 is 0 Å². The summed E-state index contributed by atoms with van der Waals surface area (Å²) in [5, 5.41) is 3.08. The van der Waals surface area contributed by atoms with E-state index in [1.165, 1.54) is 0 Å². The van der Waals surface area contributed by atoms with Gasteiger partial charge in [-0.15, -0.1) is 0 Å². The number of urea groups is 1. The van der Waals surface area contributed by atoms with Crippen LogP contribution < -0.4 is 5.32 Å². The minimum absolute atomic E-state index is 0.0232. The summed E-state index contributed by atoms with van der Waals surface area (Å²) >= 11 is 0. The second-order valence-electron chi connectivity index (χ2n) is 6.63. The lowest BCUT2D eigenvalue weighted by Gasteiger charge is -2.25. The van der Waals surface area contributed by atoms with Crippen molar-refractivity contribution in [1.82, 2.24) is 10.2 Å². The van der Waals surface area contributed by atoms with Crippen LogP contribution in [0.15, 0.2) is 27.0 Å². The molecule has 2 aromatic heterocycles. The number of hydrogen-bond donors (Lipinski definition) is 1. The molecule has 0 bridgehead atoms. The number of ether oxygens (including phenoxy) is 1. The van der Waals surface area contributed by atoms with Crippen molar-refractivity contribution in [2.45, 2.75) is 52.3 Å². The van der Waals surface area contributed by atoms with Crippen LogP contribution in [0.4, 0.5) is 4.79 Å². The van der Waals surface area contributed by atoms with Crippen molar-refractivity contribution >= 4 is 6.03 Å². The molecule has 1 saturated heterocycles. The molecule has 136 valence electrons. The summed E-state index contributed by atoms with van der Waals surface area (Å²) < 4.78 is 16.5. The van der Waals surface area contributed by atoms with Gasteiger partial charge < -0.3 is 23.8 Å². The third-order valence-corrected chi connectivity index (χ3v) is 4.70. The topological polar surface area (TPSA) is 67.8 Å². The summed E-state index contributed by atoms with van der Waals surface area (Å²) in [4.78, 5) is 14.6. The largest absolute Gasteiger partial charge is 0.466 e. The summed E-state index contributed by atoms with van der Waals surface area (Å²) in [7, 11) is 1.64. The summed E-state index contributed by atoms with van der Waals surface area (Å²) in [5.41, 5.74) is 1.02. The molecule has 0 radical (unpaired) electrons. The predicted octanol–water partition coefficient (Wildman–Crippen LogP) is 4.24. The molecule has 3 rings (SSSR count). The predicted molar refractivity (Wildman–Crippen MR) is 93.2 cm³/mol. The van der Waals surface area contributed by atoms with Gasteiger partial charge in [-0.1, -0.05) is 0 Å². The lowest BCUT2D eigenvalue weighted by molar-refractivity contribution is 0.155. The molecule has 0 aromatic carbocycles. The highest BCUT2D eigenvalue weighted by Crippen LogP contribution is 2.33. The van der Waals surface area contributed by atoms with Gasteiger partial charge in [-0.05, 0) is 51.8 Å². The van der Waals surface area contributed by atoms with E-state index in [4.69, 9.17) is 13.6 Å². The Morgan fingerprint density at radius 1 is 1.40 bits per heavy atom. The molecular formula is C19H26N2O4. The van der Waals surface area contributed by atoms with Crippen LogP contribution in [0.1, 0.15) is 60.5 Å². The SMILES string of the molecule is COCc1ccc([C@H]2CCCN2C(=O)N[C@H](C)c2cc(C)oc2C)o1. The molecule has 3 heterocycles. The average molecular weight is 346 g/mol. The quantitative estimate of drug-likeness (QED) is 0.879. The Bertz CT molecular complexity index is 734. The van der Waals surface area contributed by atoms with E-state index in [9.17, 15) is 4.79 Å². The van der Waals surface area contributed by atoms with Gasteiger partial charge in [-0.3, -0.25) is 0 Å². The number of methoxy groups -OCH3 is 1. The van der Waals surface area contributed by atoms with Crippen molar-refractivity contribution in [2.24, 2.45) is 0 Å². The maximum absolute atomic E-state index is 12.8. The van der Waals surface area contributed by atoms with Crippen LogP contribution >= 0.6 is 0 Å². The van der Waals surface area contributed by atoms with Crippen molar-refractivity contribution in [1.29, 1.82) is 0 Å². The first-order valence-corrected chi connectivity index (χ1v) is 8.71. The Hall–Kier alpha value is -2.21. The van der Waals surface area contributed by atoms with Crippen LogP contribution in [-0.2, 0) is 11.3 Å². The molecule has 1 fully saturated rings. The second-order valence-corrected chi connectivity index (χ2v) is 6.63. The van der Waals surface area contributed by atoms with Gasteiger partial charge in [0.15, 0.2) is 0 Å². The lowest BCUT2D eigenvalue weighted by Crippen LogP contribution is -2.40. The standard InChI is InChI=1S/C19H26N2O4/c1-12-10-16(14(3)24-12)13(2)20-19(22)21-9-5-6-17(21)18-8-7-15(25-18)11-23-4/h7-8,10,13,17H,5-6,9,11H2,1-4H3,(H,20,22)/t13-,17-/m1/s1. The van der Waals surface area contributed by atoms with E-state index in [0.717, 1.165) is 48.0 Å². The van der Waals surface area contributed by atoms with Crippen molar-refractivity contribution < 1.29 is 18.4 Å². The lowest BCUT2D eigenvalue weighted by atomic mass is 10.1. The molecule has 0 unspecified atom stereocenters. The van der Waals surface area contributed by atoms with Crippen molar-refractivity contribution in [2.75, 3.05) is 13.7 Å². The molecular weight excluding hydrogens is 320 g/mol. The van der Waals surface area contributed by atoms with Crippen LogP contribution in [0.2, 0.25) is 0 Å². The van der Waals surface area contributed by atoms with Gasteiger partial charge in [0.05, 0.1) is 12.1 Å². The van der Waals surface area contributed by atoms with E-state index in [0.29, 0.717) is 6.61 Å². The molecule has 2 aromatic rings. The molecule has 0 saturated carbocycles. The van der Waals surface area contributed by atoms with Gasteiger partial charge in [0.25, 0.3) is 0 Å². The molecule has 2 atom stereocenters. The second kappa shape index (κ2) is 7.35. The molecule has 0 aliphatic carbocycles. The minimum atomic E-state index is -0.105. The fourth-order valence-corrected chi connectivity index (χ4v) is 3.53. The Kier molecular flexibility index (Phi) is 5.18. The van der Waals surface area contributed by atoms with Crippen LogP contribution in [-0.4, -0.2) is 24.6 Å². The number of rotatable bonds is 5. The highest BCUT2D eigenvalue weighted by molar-refractivity contribution is 5.75. The first-order valence-electron chi connectivity index (χ1n) is 8.71. The zero-order chi connectivity index (χ0) is 18.0. The van der Waals surface area contributed by atoms with Gasteiger partial charge in [0.2, 0.25) is 0 Å². The van der Waals surface area contributed by atoms with Gasteiger partial charge >= 0.3 is 6.03 Å². The first-order chi connectivity index (χ1) is 12.0. The molecule has 1 aliphatic rings. The highest BCUT2D eigenvalue weighted by atomic mass is 16.5. The van der Waals surface area contributed by atoms with E-state index in [2.05, 4.69) is 5.32 Å². The van der Waals surface area contributed by atoms with E-state index in [-0.39, 0.29) is 18.1 Å². The van der Waals surface area contributed by atoms with Crippen LogP contribution in [0, 0.1) is 13.8 Å². The summed E-state index contributed by atoms with van der Waals surface area (Å²) in [6, 6.07) is 5.63. The zero-order valence-corrected chi connectivity index (χ0v) is 15.3. The van der Waals surface area contributed by atoms with Crippen LogP contribution in [0.5, 0.6) is 0 Å². The minimum Gasteiger partial charge on any atom is -0.466 e. The number of likely N-dealkylation sites (tertiary alicyclic amines) is 1. The Labute approximate surface area is 148 Å². The first kappa shape index (κ1) is 17.6. The van der Waals surface area contributed by atoms with Crippen molar-refractivity contribution in [3.8, 4) is 0 Å². The smallest absolute Gasteiger partial charge is 0.318 e. The van der Waals surface area contributed by atoms with Crippen LogP contribution in [0.3, 0.4) is 0 Å². The normalized spacial score (nSPS) is 18.6. The fourth-order valence-electron chi connectivity index (χ4n) is 3.53. The maximum Gasteiger partial charge on any atom is 0.318 e. The summed E-state index contributed by atoms with van der Waals surface area (Å²) in [6.45, 7) is 6.98. The van der Waals surface area contributed by atoms with Crippen LogP contribution in [0.25, 0.3) is 0 Å². The number of carbonyl (C=O) groups is 1.